The van der Waals surface area contributed by atoms with Crippen LogP contribution in [0.15, 0.2) is 0 Å². The normalized spacial score (nSPS) is 39.2. The Hall–Kier alpha value is -0.0900. The highest BCUT2D eigenvalue weighted by atomic mass is 35.5. The van der Waals surface area contributed by atoms with E-state index < -0.39 is 41.3 Å². The summed E-state index contributed by atoms with van der Waals surface area (Å²) in [5.74, 6) is 0.231. The summed E-state index contributed by atoms with van der Waals surface area (Å²) in [4.78, 5) is 12.9. The molecule has 1 amide bonds. The lowest BCUT2D eigenvalue weighted by Gasteiger charge is -2.44. The van der Waals surface area contributed by atoms with Gasteiger partial charge < -0.3 is 30.7 Å². The lowest BCUT2D eigenvalue weighted by molar-refractivity contribution is -0.205. The number of carbonyl (C=O) groups excluding carboxylic acids is 1. The summed E-state index contributed by atoms with van der Waals surface area (Å²) < 4.78 is 5.80. The molecule has 7 nitrogen and oxygen atoms in total. The van der Waals surface area contributed by atoms with E-state index in [4.69, 9.17) is 16.3 Å². The number of alkyl halides is 1. The second-order valence-electron chi connectivity index (χ2n) is 8.98. The third-order valence-corrected chi connectivity index (χ3v) is 7.07. The van der Waals surface area contributed by atoms with Gasteiger partial charge in [0.15, 0.2) is 0 Å². The van der Waals surface area contributed by atoms with Crippen molar-refractivity contribution in [3.8, 4) is 0 Å². The molecule has 7 unspecified atom stereocenters. The number of amides is 1. The van der Waals surface area contributed by atoms with Gasteiger partial charge in [0.2, 0.25) is 5.91 Å². The van der Waals surface area contributed by atoms with Crippen LogP contribution in [0.2, 0.25) is 0 Å². The van der Waals surface area contributed by atoms with E-state index >= 15 is 0 Å². The molecule has 0 radical (unpaired) electrons. The van der Waals surface area contributed by atoms with Crippen LogP contribution in [0.25, 0.3) is 0 Å². The second-order valence-corrected chi connectivity index (χ2v) is 10.6. The molecule has 2 aliphatic rings. The fourth-order valence-corrected chi connectivity index (χ4v) is 4.88. The molecule has 28 heavy (non-hydrogen) atoms. The first-order chi connectivity index (χ1) is 13.0. The van der Waals surface area contributed by atoms with Crippen molar-refractivity contribution in [1.29, 1.82) is 0 Å². The van der Waals surface area contributed by atoms with E-state index in [1.165, 1.54) is 11.8 Å². The Bertz CT molecular complexity index is 531. The Balaban J connectivity index is 2.10. The van der Waals surface area contributed by atoms with E-state index in [1.54, 1.807) is 13.2 Å². The molecule has 2 heterocycles. The van der Waals surface area contributed by atoms with Gasteiger partial charge in [-0.05, 0) is 43.9 Å². The number of carbonyl (C=O) groups is 1. The standard InChI is InChI=1S/C19H35ClN2O5S/c1-9(20)12(16-14(24)13(23)15(25)18(27-16)28-5)22-17(26)11-8-10(6-7-21-11)19(2,3)4/h9-16,18,21,23-25H,6-8H2,1-5H3,(H,22,26)/t9?,10-,11+,12?,13?,14?,15?,16?,18?/m1/s1. The van der Waals surface area contributed by atoms with Gasteiger partial charge in [-0.25, -0.2) is 0 Å². The fraction of sp³-hybridized carbons (Fsp3) is 0.947. The van der Waals surface area contributed by atoms with Gasteiger partial charge in [0, 0.05) is 0 Å². The summed E-state index contributed by atoms with van der Waals surface area (Å²) in [6.45, 7) is 9.03. The summed E-state index contributed by atoms with van der Waals surface area (Å²) in [6.07, 6.45) is -1.37. The van der Waals surface area contributed by atoms with Gasteiger partial charge >= 0.3 is 0 Å². The monoisotopic (exact) mass is 438 g/mol. The predicted molar refractivity (Wildman–Crippen MR) is 111 cm³/mol. The highest BCUT2D eigenvalue weighted by molar-refractivity contribution is 7.99. The van der Waals surface area contributed by atoms with Crippen LogP contribution in [0.1, 0.15) is 40.5 Å². The summed E-state index contributed by atoms with van der Waals surface area (Å²) in [5.41, 5.74) is -0.592. The lowest BCUT2D eigenvalue weighted by Crippen LogP contribution is -2.65. The van der Waals surface area contributed by atoms with E-state index in [9.17, 15) is 20.1 Å². The van der Waals surface area contributed by atoms with Crippen LogP contribution in [0, 0.1) is 11.3 Å². The smallest absolute Gasteiger partial charge is 0.237 e. The molecule has 2 fully saturated rings. The second kappa shape index (κ2) is 9.81. The molecule has 9 atom stereocenters. The predicted octanol–water partition coefficient (Wildman–Crippen LogP) is 0.683. The molecule has 5 N–H and O–H groups in total. The topological polar surface area (TPSA) is 111 Å². The van der Waals surface area contributed by atoms with Crippen molar-refractivity contribution in [1.82, 2.24) is 10.6 Å². The van der Waals surface area contributed by atoms with Crippen molar-refractivity contribution in [2.75, 3.05) is 12.8 Å². The third-order valence-electron chi connectivity index (χ3n) is 5.94. The number of hydrogen-bond acceptors (Lipinski definition) is 7. The van der Waals surface area contributed by atoms with E-state index in [0.717, 1.165) is 19.4 Å². The fourth-order valence-electron chi connectivity index (χ4n) is 3.99. The third kappa shape index (κ3) is 5.53. The highest BCUT2D eigenvalue weighted by Gasteiger charge is 2.48. The lowest BCUT2D eigenvalue weighted by atomic mass is 9.73. The van der Waals surface area contributed by atoms with Crippen molar-refractivity contribution in [3.05, 3.63) is 0 Å². The molecule has 0 aromatic rings. The Morgan fingerprint density at radius 3 is 2.43 bits per heavy atom. The van der Waals surface area contributed by atoms with E-state index in [1.807, 2.05) is 0 Å². The number of rotatable bonds is 5. The number of thioether (sulfide) groups is 1. The molecular weight excluding hydrogens is 404 g/mol. The first-order valence-corrected chi connectivity index (χ1v) is 11.6. The SMILES string of the molecule is CSC1OC(C(NC(=O)[C@@H]2C[C@H](C(C)(C)C)CCN2)C(C)Cl)C(O)C(O)C1O. The first-order valence-electron chi connectivity index (χ1n) is 9.87. The minimum atomic E-state index is -1.37. The van der Waals surface area contributed by atoms with Gasteiger partial charge in [-0.15, -0.1) is 23.4 Å². The minimum Gasteiger partial charge on any atom is -0.388 e. The highest BCUT2D eigenvalue weighted by Crippen LogP contribution is 2.34. The number of hydrogen-bond donors (Lipinski definition) is 5. The van der Waals surface area contributed by atoms with Gasteiger partial charge in [-0.1, -0.05) is 20.8 Å². The number of halogens is 1. The quantitative estimate of drug-likeness (QED) is 0.401. The molecule has 9 heteroatoms. The van der Waals surface area contributed by atoms with Crippen LogP contribution >= 0.6 is 23.4 Å². The van der Waals surface area contributed by atoms with Crippen molar-refractivity contribution >= 4 is 29.3 Å². The van der Waals surface area contributed by atoms with Gasteiger partial charge in [0.25, 0.3) is 0 Å². The molecule has 0 saturated carbocycles. The molecule has 0 aliphatic carbocycles. The minimum absolute atomic E-state index is 0.119. The van der Waals surface area contributed by atoms with Gasteiger partial charge in [0.05, 0.1) is 17.5 Å². The Labute approximate surface area is 176 Å². The van der Waals surface area contributed by atoms with Crippen LogP contribution in [0.3, 0.4) is 0 Å². The van der Waals surface area contributed by atoms with Crippen molar-refractivity contribution in [2.24, 2.45) is 11.3 Å². The van der Waals surface area contributed by atoms with Crippen LogP contribution < -0.4 is 10.6 Å². The molecule has 164 valence electrons. The maximum atomic E-state index is 12.9. The van der Waals surface area contributed by atoms with Crippen molar-refractivity contribution in [3.63, 3.8) is 0 Å². The molecule has 2 rings (SSSR count). The van der Waals surface area contributed by atoms with Gasteiger partial charge in [-0.3, -0.25) is 4.79 Å². The zero-order valence-corrected chi connectivity index (χ0v) is 18.8. The summed E-state index contributed by atoms with van der Waals surface area (Å²) >= 11 is 7.56. The van der Waals surface area contributed by atoms with E-state index in [-0.39, 0.29) is 17.4 Å². The molecule has 0 aromatic carbocycles. The average molecular weight is 439 g/mol. The number of ether oxygens (including phenoxy) is 1. The first kappa shape index (κ1) is 24.2. The summed E-state index contributed by atoms with van der Waals surface area (Å²) in [6, 6.07) is -1.05. The Morgan fingerprint density at radius 1 is 1.25 bits per heavy atom. The summed E-state index contributed by atoms with van der Waals surface area (Å²) in [5, 5.41) is 36.3. The number of aliphatic hydroxyl groups excluding tert-OH is 3. The van der Waals surface area contributed by atoms with Gasteiger partial charge in [0.1, 0.15) is 29.9 Å². The molecule has 2 aliphatic heterocycles. The zero-order valence-electron chi connectivity index (χ0n) is 17.3. The molecule has 2 saturated heterocycles. The summed E-state index contributed by atoms with van der Waals surface area (Å²) in [7, 11) is 0. The van der Waals surface area contributed by atoms with Crippen LogP contribution in [0.4, 0.5) is 0 Å². The molecule has 0 spiro atoms. The van der Waals surface area contributed by atoms with Crippen LogP contribution in [-0.4, -0.2) is 81.3 Å². The number of nitrogens with one attached hydrogen (secondary N) is 2. The van der Waals surface area contributed by atoms with Crippen molar-refractivity contribution < 1.29 is 24.9 Å². The maximum Gasteiger partial charge on any atom is 0.237 e. The average Bonchev–Trinajstić information content (AvgIpc) is 2.64. The number of aliphatic hydroxyl groups is 3. The van der Waals surface area contributed by atoms with E-state index in [2.05, 4.69) is 31.4 Å². The number of piperidine rings is 1. The molecule has 0 aromatic heterocycles. The zero-order chi connectivity index (χ0) is 21.2. The Morgan fingerprint density at radius 2 is 1.89 bits per heavy atom. The largest absolute Gasteiger partial charge is 0.388 e. The molecule has 0 bridgehead atoms. The Kier molecular flexibility index (Phi) is 8.47. The van der Waals surface area contributed by atoms with Gasteiger partial charge in [-0.2, -0.15) is 0 Å². The maximum absolute atomic E-state index is 12.9. The van der Waals surface area contributed by atoms with Crippen molar-refractivity contribution in [2.45, 2.75) is 87.8 Å². The van der Waals surface area contributed by atoms with E-state index in [0.29, 0.717) is 5.92 Å². The van der Waals surface area contributed by atoms with Crippen LogP contribution in [0.5, 0.6) is 0 Å². The molecular formula is C19H35ClN2O5S. The van der Waals surface area contributed by atoms with Crippen LogP contribution in [-0.2, 0) is 9.53 Å².